The first-order valence-corrected chi connectivity index (χ1v) is 9.24. The predicted molar refractivity (Wildman–Crippen MR) is 111 cm³/mol. The van der Waals surface area contributed by atoms with E-state index in [1.807, 2.05) is 18.2 Å². The van der Waals surface area contributed by atoms with Crippen molar-refractivity contribution < 1.29 is 9.53 Å². The maximum atomic E-state index is 12.1. The molecule has 146 valence electrons. The normalized spacial score (nSPS) is 10.5. The number of carbonyl (C=O) groups is 1. The number of nitrogens with one attached hydrogen (secondary N) is 3. The van der Waals surface area contributed by atoms with Gasteiger partial charge in [0, 0.05) is 18.0 Å². The first-order chi connectivity index (χ1) is 14.1. The number of anilines is 4. The van der Waals surface area contributed by atoms with E-state index in [9.17, 15) is 4.79 Å². The number of hydrogen-bond acceptors (Lipinski definition) is 10. The Labute approximate surface area is 169 Å². The van der Waals surface area contributed by atoms with Gasteiger partial charge in [-0.05, 0) is 30.3 Å². The summed E-state index contributed by atoms with van der Waals surface area (Å²) >= 11 is 1.44. The minimum Gasteiger partial charge on any atom is -0.497 e. The van der Waals surface area contributed by atoms with E-state index < -0.39 is 0 Å². The number of methoxy groups -OCH3 is 1. The van der Waals surface area contributed by atoms with Crippen molar-refractivity contribution in [2.45, 2.75) is 0 Å². The largest absolute Gasteiger partial charge is 0.497 e. The van der Waals surface area contributed by atoms with Crippen molar-refractivity contribution in [1.82, 2.24) is 25.4 Å². The number of nitrogens with two attached hydrogens (primary N) is 1. The summed E-state index contributed by atoms with van der Waals surface area (Å²) in [5.41, 5.74) is 12.9. The Kier molecular flexibility index (Phi) is 5.03. The van der Waals surface area contributed by atoms with E-state index in [0.717, 1.165) is 16.0 Å². The number of benzene rings is 1. The van der Waals surface area contributed by atoms with Gasteiger partial charge < -0.3 is 15.8 Å². The molecule has 0 fully saturated rings. The third-order valence-corrected chi connectivity index (χ3v) is 4.88. The van der Waals surface area contributed by atoms with Crippen LogP contribution in [0.25, 0.3) is 10.2 Å². The molecule has 0 saturated heterocycles. The van der Waals surface area contributed by atoms with Crippen LogP contribution >= 0.6 is 11.3 Å². The fourth-order valence-corrected chi connectivity index (χ4v) is 3.37. The smallest absolute Gasteiger partial charge is 0.269 e. The fraction of sp³-hybridized carbons (Fsp3) is 0.0556. The quantitative estimate of drug-likeness (QED) is 0.354. The number of nitrogen functional groups attached to an aromatic ring is 1. The molecule has 4 aromatic rings. The summed E-state index contributed by atoms with van der Waals surface area (Å²) in [6.45, 7) is 0. The molecule has 0 bridgehead atoms. The minimum absolute atomic E-state index is 0.236. The Bertz CT molecular complexity index is 1170. The molecule has 0 atom stereocenters. The Hall–Kier alpha value is -3.99. The minimum atomic E-state index is -0.347. The van der Waals surface area contributed by atoms with E-state index in [4.69, 9.17) is 10.5 Å². The molecule has 4 rings (SSSR count). The van der Waals surface area contributed by atoms with Gasteiger partial charge in [-0.15, -0.1) is 0 Å². The van der Waals surface area contributed by atoms with Crippen molar-refractivity contribution >= 4 is 49.9 Å². The molecule has 0 spiro atoms. The number of pyridine rings is 1. The SMILES string of the molecule is COc1ccc2nc(Nc3ncnc(NNC(=O)c4ccncc4)c3N)sc2c1. The van der Waals surface area contributed by atoms with Crippen molar-refractivity contribution in [2.75, 3.05) is 23.6 Å². The van der Waals surface area contributed by atoms with Crippen LogP contribution in [-0.4, -0.2) is 33.0 Å². The lowest BCUT2D eigenvalue weighted by atomic mass is 10.3. The summed E-state index contributed by atoms with van der Waals surface area (Å²) in [6.07, 6.45) is 4.39. The van der Waals surface area contributed by atoms with Crippen LogP contribution in [0.15, 0.2) is 49.1 Å². The monoisotopic (exact) mass is 408 g/mol. The molecule has 3 heterocycles. The second kappa shape index (κ2) is 7.94. The molecule has 1 amide bonds. The lowest BCUT2D eigenvalue weighted by Gasteiger charge is -2.12. The Balaban J connectivity index is 1.50. The molecule has 1 aromatic carbocycles. The maximum absolute atomic E-state index is 12.1. The number of thiazole rings is 1. The number of nitrogens with zero attached hydrogens (tertiary/aromatic N) is 4. The number of hydrazine groups is 1. The van der Waals surface area contributed by atoms with Gasteiger partial charge in [-0.25, -0.2) is 15.0 Å². The number of fused-ring (bicyclic) bond motifs is 1. The van der Waals surface area contributed by atoms with Gasteiger partial charge in [0.05, 0.1) is 17.3 Å². The number of carbonyl (C=O) groups excluding carboxylic acids is 1. The van der Waals surface area contributed by atoms with Crippen LogP contribution in [0.1, 0.15) is 10.4 Å². The van der Waals surface area contributed by atoms with Gasteiger partial charge in [-0.2, -0.15) is 0 Å². The maximum Gasteiger partial charge on any atom is 0.269 e. The van der Waals surface area contributed by atoms with Gasteiger partial charge in [0.15, 0.2) is 16.8 Å². The zero-order chi connectivity index (χ0) is 20.2. The van der Waals surface area contributed by atoms with Gasteiger partial charge >= 0.3 is 0 Å². The van der Waals surface area contributed by atoms with Crippen LogP contribution in [0.3, 0.4) is 0 Å². The molecule has 0 aliphatic carbocycles. The molecule has 0 radical (unpaired) electrons. The Morgan fingerprint density at radius 2 is 1.93 bits per heavy atom. The predicted octanol–water partition coefficient (Wildman–Crippen LogP) is 2.57. The summed E-state index contributed by atoms with van der Waals surface area (Å²) < 4.78 is 6.20. The summed E-state index contributed by atoms with van der Waals surface area (Å²) in [5, 5.41) is 3.70. The molecule has 29 heavy (non-hydrogen) atoms. The molecular formula is C18H16N8O2S. The molecular weight excluding hydrogens is 392 g/mol. The van der Waals surface area contributed by atoms with Gasteiger partial charge in [0.2, 0.25) is 0 Å². The van der Waals surface area contributed by atoms with E-state index in [1.165, 1.54) is 30.1 Å². The van der Waals surface area contributed by atoms with Gasteiger partial charge in [-0.1, -0.05) is 11.3 Å². The standard InChI is InChI=1S/C18H16N8O2S/c1-28-11-2-3-12-13(8-11)29-18(23-12)24-15-14(19)16(22-9-21-15)25-26-17(27)10-4-6-20-7-5-10/h2-9H,19H2,1H3,(H,26,27)(H2,21,22,23,24,25). The third-order valence-electron chi connectivity index (χ3n) is 3.94. The molecule has 3 aromatic heterocycles. The van der Waals surface area contributed by atoms with E-state index in [1.54, 1.807) is 19.2 Å². The molecule has 11 heteroatoms. The number of hydrogen-bond donors (Lipinski definition) is 4. The Morgan fingerprint density at radius 1 is 1.14 bits per heavy atom. The van der Waals surface area contributed by atoms with Crippen molar-refractivity contribution in [3.8, 4) is 5.75 Å². The van der Waals surface area contributed by atoms with E-state index >= 15 is 0 Å². The number of ether oxygens (including phenoxy) is 1. The Morgan fingerprint density at radius 3 is 2.72 bits per heavy atom. The first kappa shape index (κ1) is 18.4. The highest BCUT2D eigenvalue weighted by molar-refractivity contribution is 7.22. The zero-order valence-corrected chi connectivity index (χ0v) is 16.0. The van der Waals surface area contributed by atoms with Crippen molar-refractivity contribution in [3.05, 3.63) is 54.6 Å². The van der Waals surface area contributed by atoms with Crippen LogP contribution < -0.4 is 26.6 Å². The average Bonchev–Trinajstić information content (AvgIpc) is 3.16. The van der Waals surface area contributed by atoms with E-state index in [0.29, 0.717) is 16.5 Å². The molecule has 10 nitrogen and oxygen atoms in total. The second-order valence-electron chi connectivity index (χ2n) is 5.78. The summed E-state index contributed by atoms with van der Waals surface area (Å²) in [7, 11) is 1.62. The highest BCUT2D eigenvalue weighted by Crippen LogP contribution is 2.32. The summed E-state index contributed by atoms with van der Waals surface area (Å²) in [4.78, 5) is 28.7. The van der Waals surface area contributed by atoms with E-state index in [-0.39, 0.29) is 17.4 Å². The first-order valence-electron chi connectivity index (χ1n) is 8.42. The van der Waals surface area contributed by atoms with Gasteiger partial charge in [0.1, 0.15) is 17.8 Å². The van der Waals surface area contributed by atoms with Crippen LogP contribution in [-0.2, 0) is 0 Å². The van der Waals surface area contributed by atoms with Gasteiger partial charge in [-0.3, -0.25) is 20.6 Å². The average molecular weight is 408 g/mol. The molecule has 0 aliphatic rings. The van der Waals surface area contributed by atoms with Crippen LogP contribution in [0, 0.1) is 0 Å². The molecule has 0 unspecified atom stereocenters. The highest BCUT2D eigenvalue weighted by atomic mass is 32.1. The summed E-state index contributed by atoms with van der Waals surface area (Å²) in [6, 6.07) is 8.81. The van der Waals surface area contributed by atoms with Gasteiger partial charge in [0.25, 0.3) is 5.91 Å². The van der Waals surface area contributed by atoms with Crippen molar-refractivity contribution in [1.29, 1.82) is 0 Å². The van der Waals surface area contributed by atoms with Crippen LogP contribution in [0.2, 0.25) is 0 Å². The number of rotatable bonds is 6. The number of aromatic nitrogens is 4. The fourth-order valence-electron chi connectivity index (χ4n) is 2.47. The lowest BCUT2D eigenvalue weighted by Crippen LogP contribution is -2.30. The van der Waals surface area contributed by atoms with Crippen molar-refractivity contribution in [3.63, 3.8) is 0 Å². The molecule has 5 N–H and O–H groups in total. The topological polar surface area (TPSA) is 140 Å². The lowest BCUT2D eigenvalue weighted by molar-refractivity contribution is 0.0962. The van der Waals surface area contributed by atoms with E-state index in [2.05, 4.69) is 36.1 Å². The van der Waals surface area contributed by atoms with Crippen molar-refractivity contribution in [2.24, 2.45) is 0 Å². The summed E-state index contributed by atoms with van der Waals surface area (Å²) in [5.74, 6) is 1.03. The van der Waals surface area contributed by atoms with Crippen LogP contribution in [0.5, 0.6) is 5.75 Å². The van der Waals surface area contributed by atoms with Crippen LogP contribution in [0.4, 0.5) is 22.5 Å². The molecule has 0 aliphatic heterocycles. The molecule has 0 saturated carbocycles. The highest BCUT2D eigenvalue weighted by Gasteiger charge is 2.12. The third kappa shape index (κ3) is 3.99. The second-order valence-corrected chi connectivity index (χ2v) is 6.81. The number of amides is 1. The zero-order valence-electron chi connectivity index (χ0n) is 15.2.